The minimum absolute atomic E-state index is 0.00837. The topological polar surface area (TPSA) is 131 Å². The molecule has 0 aromatic heterocycles. The van der Waals surface area contributed by atoms with E-state index in [0.29, 0.717) is 18.4 Å². The minimum Gasteiger partial charge on any atom is -0.468 e. The fraction of sp³-hybridized carbons (Fsp3) is 0.630. The third-order valence-electron chi connectivity index (χ3n) is 5.67. The highest BCUT2D eigenvalue weighted by molar-refractivity contribution is 5.81. The predicted octanol–water partition coefficient (Wildman–Crippen LogP) is 4.27. The quantitative estimate of drug-likeness (QED) is 0.273. The molecule has 1 rings (SSSR count). The number of ether oxygens (including phenoxy) is 4. The Bertz CT molecular complexity index is 900. The molecule has 202 valence electrons. The van der Waals surface area contributed by atoms with Gasteiger partial charge >= 0.3 is 23.9 Å². The first-order valence-electron chi connectivity index (χ1n) is 12.6. The van der Waals surface area contributed by atoms with E-state index >= 15 is 0 Å². The first kappa shape index (κ1) is 31.1. The normalized spacial score (nSPS) is 14.2. The summed E-state index contributed by atoms with van der Waals surface area (Å²) in [5.74, 6) is -1.59. The van der Waals surface area contributed by atoms with Crippen molar-refractivity contribution >= 4 is 23.9 Å². The number of hydrogen-bond acceptors (Lipinski definition) is 9. The molecule has 0 fully saturated rings. The molecule has 0 aliphatic carbocycles. The van der Waals surface area contributed by atoms with E-state index in [2.05, 4.69) is 0 Å². The molecule has 1 aromatic carbocycles. The molecule has 2 unspecified atom stereocenters. The third-order valence-corrected chi connectivity index (χ3v) is 5.67. The SMILES string of the molecule is CCCC(=O)Oc1ccc(C[C@](N)(CC(C)OC(=O)CC(C)CC)C(=O)OC)cc1OC(=O)CCC. The molecule has 0 saturated heterocycles. The maximum atomic E-state index is 12.7. The summed E-state index contributed by atoms with van der Waals surface area (Å²) < 4.78 is 21.2. The average Bonchev–Trinajstić information content (AvgIpc) is 2.79. The number of esters is 4. The van der Waals surface area contributed by atoms with Crippen LogP contribution in [0.25, 0.3) is 0 Å². The highest BCUT2D eigenvalue weighted by Crippen LogP contribution is 2.32. The maximum Gasteiger partial charge on any atom is 0.326 e. The Morgan fingerprint density at radius 1 is 0.917 bits per heavy atom. The minimum atomic E-state index is -1.52. The second-order valence-electron chi connectivity index (χ2n) is 9.28. The molecule has 0 aliphatic heterocycles. The van der Waals surface area contributed by atoms with E-state index in [4.69, 9.17) is 24.7 Å². The summed E-state index contributed by atoms with van der Waals surface area (Å²) in [6.45, 7) is 9.32. The molecule has 0 bridgehead atoms. The van der Waals surface area contributed by atoms with E-state index in [1.165, 1.54) is 19.2 Å². The van der Waals surface area contributed by atoms with Gasteiger partial charge in [0.2, 0.25) is 0 Å². The number of carbonyl (C=O) groups is 4. The van der Waals surface area contributed by atoms with E-state index in [1.807, 2.05) is 27.7 Å². The van der Waals surface area contributed by atoms with Crippen LogP contribution in [0.2, 0.25) is 0 Å². The molecule has 3 atom stereocenters. The molecule has 0 aliphatic rings. The van der Waals surface area contributed by atoms with Gasteiger partial charge in [0.15, 0.2) is 11.5 Å². The maximum absolute atomic E-state index is 12.7. The van der Waals surface area contributed by atoms with Crippen LogP contribution in [0.3, 0.4) is 0 Å². The van der Waals surface area contributed by atoms with Crippen LogP contribution >= 0.6 is 0 Å². The fourth-order valence-electron chi connectivity index (χ4n) is 3.63. The number of methoxy groups -OCH3 is 1. The predicted molar refractivity (Wildman–Crippen MR) is 134 cm³/mol. The third kappa shape index (κ3) is 10.4. The lowest BCUT2D eigenvalue weighted by Gasteiger charge is -2.29. The molecule has 0 heterocycles. The van der Waals surface area contributed by atoms with Crippen LogP contribution in [0.1, 0.15) is 85.1 Å². The van der Waals surface area contributed by atoms with Gasteiger partial charge < -0.3 is 24.7 Å². The Labute approximate surface area is 214 Å². The fourth-order valence-corrected chi connectivity index (χ4v) is 3.63. The summed E-state index contributed by atoms with van der Waals surface area (Å²) >= 11 is 0. The van der Waals surface area contributed by atoms with Crippen LogP contribution in [-0.2, 0) is 35.1 Å². The Hall–Kier alpha value is -2.94. The van der Waals surface area contributed by atoms with Crippen LogP contribution in [0.15, 0.2) is 18.2 Å². The van der Waals surface area contributed by atoms with Gasteiger partial charge in [0.1, 0.15) is 11.6 Å². The number of carbonyl (C=O) groups excluding carboxylic acids is 4. The molecule has 2 N–H and O–H groups in total. The van der Waals surface area contributed by atoms with Gasteiger partial charge in [-0.3, -0.25) is 19.2 Å². The van der Waals surface area contributed by atoms with Crippen molar-refractivity contribution in [3.63, 3.8) is 0 Å². The highest BCUT2D eigenvalue weighted by atomic mass is 16.6. The van der Waals surface area contributed by atoms with Crippen molar-refractivity contribution in [3.05, 3.63) is 23.8 Å². The van der Waals surface area contributed by atoms with Gasteiger partial charge in [0.05, 0.1) is 7.11 Å². The van der Waals surface area contributed by atoms with Crippen molar-refractivity contribution in [2.75, 3.05) is 7.11 Å². The Kier molecular flexibility index (Phi) is 13.2. The molecule has 0 saturated carbocycles. The van der Waals surface area contributed by atoms with E-state index in [1.54, 1.807) is 13.0 Å². The summed E-state index contributed by atoms with van der Waals surface area (Å²) in [4.78, 5) is 49.1. The molecule has 9 nitrogen and oxygen atoms in total. The molecular formula is C27H41NO8. The number of hydrogen-bond donors (Lipinski definition) is 1. The van der Waals surface area contributed by atoms with Gasteiger partial charge in [0, 0.05) is 32.1 Å². The molecule has 0 radical (unpaired) electrons. The van der Waals surface area contributed by atoms with Crippen LogP contribution in [0.4, 0.5) is 0 Å². The Morgan fingerprint density at radius 3 is 2.03 bits per heavy atom. The van der Waals surface area contributed by atoms with Crippen molar-refractivity contribution in [3.8, 4) is 11.5 Å². The zero-order chi connectivity index (χ0) is 27.3. The van der Waals surface area contributed by atoms with Crippen LogP contribution in [0, 0.1) is 5.92 Å². The van der Waals surface area contributed by atoms with Gasteiger partial charge in [0.25, 0.3) is 0 Å². The summed E-state index contributed by atoms with van der Waals surface area (Å²) in [5.41, 5.74) is 5.52. The van der Waals surface area contributed by atoms with Crippen molar-refractivity contribution in [1.29, 1.82) is 0 Å². The Balaban J connectivity index is 3.17. The number of benzene rings is 1. The lowest BCUT2D eigenvalue weighted by molar-refractivity contribution is -0.155. The largest absolute Gasteiger partial charge is 0.468 e. The Morgan fingerprint density at radius 2 is 1.50 bits per heavy atom. The monoisotopic (exact) mass is 507 g/mol. The van der Waals surface area contributed by atoms with E-state index in [0.717, 1.165) is 6.42 Å². The van der Waals surface area contributed by atoms with Gasteiger partial charge in [-0.15, -0.1) is 0 Å². The van der Waals surface area contributed by atoms with Crippen molar-refractivity contribution in [2.45, 2.75) is 97.6 Å². The molecule has 36 heavy (non-hydrogen) atoms. The van der Waals surface area contributed by atoms with Gasteiger partial charge in [-0.1, -0.05) is 40.2 Å². The van der Waals surface area contributed by atoms with Crippen LogP contribution in [0.5, 0.6) is 11.5 Å². The lowest BCUT2D eigenvalue weighted by Crippen LogP contribution is -2.53. The van der Waals surface area contributed by atoms with E-state index in [9.17, 15) is 19.2 Å². The van der Waals surface area contributed by atoms with Crippen molar-refractivity contribution < 1.29 is 38.1 Å². The van der Waals surface area contributed by atoms with Crippen molar-refractivity contribution in [2.24, 2.45) is 11.7 Å². The van der Waals surface area contributed by atoms with Gasteiger partial charge in [-0.25, -0.2) is 0 Å². The van der Waals surface area contributed by atoms with Crippen LogP contribution in [-0.4, -0.2) is 42.6 Å². The van der Waals surface area contributed by atoms with E-state index < -0.39 is 29.6 Å². The molecule has 1 aromatic rings. The summed E-state index contributed by atoms with van der Waals surface area (Å²) in [6.07, 6.45) is 2.12. The molecule has 9 heteroatoms. The zero-order valence-corrected chi connectivity index (χ0v) is 22.4. The van der Waals surface area contributed by atoms with Crippen molar-refractivity contribution in [1.82, 2.24) is 0 Å². The van der Waals surface area contributed by atoms with Gasteiger partial charge in [-0.2, -0.15) is 0 Å². The first-order valence-corrected chi connectivity index (χ1v) is 12.6. The lowest BCUT2D eigenvalue weighted by atomic mass is 9.86. The standard InChI is InChI=1S/C27H41NO8/c1-7-10-23(29)35-21-13-12-20(15-22(21)36-24(30)11-8-2)17-27(28,26(32)33-6)16-19(5)34-25(31)14-18(4)9-3/h12-13,15,18-19H,7-11,14,16-17,28H2,1-6H3/t18?,19?,27-/m1/s1. The highest BCUT2D eigenvalue weighted by Gasteiger charge is 2.38. The second kappa shape index (κ2) is 15.2. The number of rotatable bonds is 15. The summed E-state index contributed by atoms with van der Waals surface area (Å²) in [5, 5.41) is 0. The molecule has 0 spiro atoms. The molecule has 0 amide bonds. The van der Waals surface area contributed by atoms with Gasteiger partial charge in [-0.05, 0) is 43.4 Å². The molecular weight excluding hydrogens is 466 g/mol. The van der Waals surface area contributed by atoms with E-state index in [-0.39, 0.29) is 55.5 Å². The zero-order valence-electron chi connectivity index (χ0n) is 22.4. The summed E-state index contributed by atoms with van der Waals surface area (Å²) in [7, 11) is 1.23. The first-order chi connectivity index (χ1) is 17.0. The average molecular weight is 508 g/mol. The summed E-state index contributed by atoms with van der Waals surface area (Å²) in [6, 6.07) is 4.66. The second-order valence-corrected chi connectivity index (χ2v) is 9.28. The number of nitrogens with two attached hydrogens (primary N) is 1. The van der Waals surface area contributed by atoms with Crippen LogP contribution < -0.4 is 15.2 Å². The smallest absolute Gasteiger partial charge is 0.326 e.